The van der Waals surface area contributed by atoms with Gasteiger partial charge in [-0.25, -0.2) is 4.98 Å². The quantitative estimate of drug-likeness (QED) is 0.833. The molecule has 0 unspecified atom stereocenters. The van der Waals surface area contributed by atoms with Crippen molar-refractivity contribution in [2.75, 3.05) is 25.0 Å². The maximum absolute atomic E-state index is 4.70. The van der Waals surface area contributed by atoms with Crippen LogP contribution in [0.5, 0.6) is 0 Å². The number of hydrogen-bond donors (Lipinski definition) is 0. The Hall–Kier alpha value is -1.87. The third kappa shape index (κ3) is 3.14. The first-order valence-corrected chi connectivity index (χ1v) is 8.28. The molecule has 3 heteroatoms. The monoisotopic (exact) mass is 295 g/mol. The second-order valence-electron chi connectivity index (χ2n) is 5.98. The first-order chi connectivity index (χ1) is 10.8. The van der Waals surface area contributed by atoms with E-state index in [0.717, 1.165) is 18.1 Å². The van der Waals surface area contributed by atoms with Crippen LogP contribution in [-0.2, 0) is 0 Å². The van der Waals surface area contributed by atoms with Crippen LogP contribution >= 0.6 is 0 Å². The Balaban J connectivity index is 1.77. The Labute approximate surface area is 133 Å². The molecule has 0 N–H and O–H groups in total. The minimum Gasteiger partial charge on any atom is -0.329 e. The van der Waals surface area contributed by atoms with Crippen molar-refractivity contribution in [1.82, 2.24) is 9.88 Å². The van der Waals surface area contributed by atoms with Crippen LogP contribution in [0.25, 0.3) is 0 Å². The van der Waals surface area contributed by atoms with Gasteiger partial charge in [0.15, 0.2) is 0 Å². The number of rotatable bonds is 4. The molecule has 2 heterocycles. The normalized spacial score (nSPS) is 19.1. The van der Waals surface area contributed by atoms with Gasteiger partial charge in [0, 0.05) is 25.0 Å². The van der Waals surface area contributed by atoms with E-state index in [1.54, 1.807) is 0 Å². The van der Waals surface area contributed by atoms with Crippen molar-refractivity contribution in [2.45, 2.75) is 32.2 Å². The molecule has 116 valence electrons. The zero-order valence-electron chi connectivity index (χ0n) is 13.6. The maximum Gasteiger partial charge on any atom is 0.132 e. The van der Waals surface area contributed by atoms with E-state index < -0.39 is 0 Å². The largest absolute Gasteiger partial charge is 0.329 e. The zero-order valence-corrected chi connectivity index (χ0v) is 13.6. The molecule has 0 saturated carbocycles. The predicted molar refractivity (Wildman–Crippen MR) is 92.6 cm³/mol. The summed E-state index contributed by atoms with van der Waals surface area (Å²) in [7, 11) is 2.07. The second-order valence-corrected chi connectivity index (χ2v) is 5.98. The maximum atomic E-state index is 4.70. The van der Waals surface area contributed by atoms with Crippen LogP contribution in [0.1, 0.15) is 37.8 Å². The van der Waals surface area contributed by atoms with Crippen LogP contribution in [0.3, 0.4) is 0 Å². The lowest BCUT2D eigenvalue weighted by molar-refractivity contribution is 0.157. The number of benzene rings is 1. The summed E-state index contributed by atoms with van der Waals surface area (Å²) in [4.78, 5) is 9.40. The van der Waals surface area contributed by atoms with Gasteiger partial charge < -0.3 is 4.90 Å². The Morgan fingerprint density at radius 1 is 1.14 bits per heavy atom. The SMILES string of the molecule is CCN1CCCC[C@H]1c1ccc(N(C)c2ccccc2)nc1. The fourth-order valence-corrected chi connectivity index (χ4v) is 3.32. The second kappa shape index (κ2) is 6.93. The summed E-state index contributed by atoms with van der Waals surface area (Å²) in [5.41, 5.74) is 2.52. The van der Waals surface area contributed by atoms with E-state index in [9.17, 15) is 0 Å². The first kappa shape index (κ1) is 15.0. The molecule has 0 spiro atoms. The van der Waals surface area contributed by atoms with E-state index >= 15 is 0 Å². The molecule has 1 saturated heterocycles. The molecule has 22 heavy (non-hydrogen) atoms. The molecule has 1 atom stereocenters. The molecule has 1 aromatic heterocycles. The van der Waals surface area contributed by atoms with E-state index in [0.29, 0.717) is 6.04 Å². The van der Waals surface area contributed by atoms with Gasteiger partial charge in [-0.3, -0.25) is 4.90 Å². The fourth-order valence-electron chi connectivity index (χ4n) is 3.32. The molecule has 1 aliphatic rings. The Morgan fingerprint density at radius 2 is 1.95 bits per heavy atom. The van der Waals surface area contributed by atoms with Crippen molar-refractivity contribution >= 4 is 11.5 Å². The molecule has 1 aliphatic heterocycles. The Bertz CT molecular complexity index is 579. The topological polar surface area (TPSA) is 19.4 Å². The van der Waals surface area contributed by atoms with E-state index in [1.807, 2.05) is 6.07 Å². The van der Waals surface area contributed by atoms with Crippen molar-refractivity contribution in [3.63, 3.8) is 0 Å². The number of hydrogen-bond acceptors (Lipinski definition) is 3. The van der Waals surface area contributed by atoms with Gasteiger partial charge in [-0.1, -0.05) is 37.6 Å². The van der Waals surface area contributed by atoms with E-state index in [2.05, 4.69) is 66.4 Å². The molecule has 1 fully saturated rings. The van der Waals surface area contributed by atoms with Crippen molar-refractivity contribution in [3.8, 4) is 0 Å². The minimum absolute atomic E-state index is 0.544. The highest BCUT2D eigenvalue weighted by molar-refractivity contribution is 5.58. The van der Waals surface area contributed by atoms with Crippen molar-refractivity contribution in [1.29, 1.82) is 0 Å². The number of aromatic nitrogens is 1. The summed E-state index contributed by atoms with van der Waals surface area (Å²) in [6.07, 6.45) is 5.97. The number of para-hydroxylation sites is 1. The molecule has 1 aromatic carbocycles. The van der Waals surface area contributed by atoms with E-state index in [1.165, 1.54) is 31.4 Å². The van der Waals surface area contributed by atoms with Crippen LogP contribution in [0, 0.1) is 0 Å². The average Bonchev–Trinajstić information content (AvgIpc) is 2.62. The Morgan fingerprint density at radius 3 is 2.64 bits per heavy atom. The molecule has 3 nitrogen and oxygen atoms in total. The van der Waals surface area contributed by atoms with Gasteiger partial charge in [-0.15, -0.1) is 0 Å². The summed E-state index contributed by atoms with van der Waals surface area (Å²) in [5.74, 6) is 0.994. The highest BCUT2D eigenvalue weighted by atomic mass is 15.2. The molecular formula is C19H25N3. The fraction of sp³-hybridized carbons (Fsp3) is 0.421. The van der Waals surface area contributed by atoms with Crippen LogP contribution in [0.2, 0.25) is 0 Å². The third-order valence-electron chi connectivity index (χ3n) is 4.66. The van der Waals surface area contributed by atoms with E-state index in [-0.39, 0.29) is 0 Å². The Kier molecular flexibility index (Phi) is 4.74. The van der Waals surface area contributed by atoms with Crippen LogP contribution in [-0.4, -0.2) is 30.0 Å². The number of piperidine rings is 1. The highest BCUT2D eigenvalue weighted by Gasteiger charge is 2.22. The molecule has 0 amide bonds. The van der Waals surface area contributed by atoms with Crippen molar-refractivity contribution < 1.29 is 0 Å². The summed E-state index contributed by atoms with van der Waals surface area (Å²) in [5, 5.41) is 0. The number of pyridine rings is 1. The zero-order chi connectivity index (χ0) is 15.4. The highest BCUT2D eigenvalue weighted by Crippen LogP contribution is 2.31. The number of nitrogens with zero attached hydrogens (tertiary/aromatic N) is 3. The van der Waals surface area contributed by atoms with E-state index in [4.69, 9.17) is 4.98 Å². The number of anilines is 2. The minimum atomic E-state index is 0.544. The van der Waals surface area contributed by atoms with Gasteiger partial charge in [0.1, 0.15) is 5.82 Å². The lowest BCUT2D eigenvalue weighted by Crippen LogP contribution is -2.33. The van der Waals surface area contributed by atoms with Crippen LogP contribution in [0.15, 0.2) is 48.7 Å². The first-order valence-electron chi connectivity index (χ1n) is 8.28. The van der Waals surface area contributed by atoms with Gasteiger partial charge in [-0.2, -0.15) is 0 Å². The van der Waals surface area contributed by atoms with Gasteiger partial charge in [-0.05, 0) is 49.7 Å². The molecule has 0 aliphatic carbocycles. The summed E-state index contributed by atoms with van der Waals surface area (Å²) >= 11 is 0. The summed E-state index contributed by atoms with van der Waals surface area (Å²) < 4.78 is 0. The smallest absolute Gasteiger partial charge is 0.132 e. The van der Waals surface area contributed by atoms with Crippen molar-refractivity contribution in [3.05, 3.63) is 54.2 Å². The van der Waals surface area contributed by atoms with Gasteiger partial charge in [0.25, 0.3) is 0 Å². The van der Waals surface area contributed by atoms with Gasteiger partial charge >= 0.3 is 0 Å². The van der Waals surface area contributed by atoms with Crippen molar-refractivity contribution in [2.24, 2.45) is 0 Å². The van der Waals surface area contributed by atoms with Crippen LogP contribution in [0.4, 0.5) is 11.5 Å². The summed E-state index contributed by atoms with van der Waals surface area (Å²) in [6, 6.07) is 15.3. The lowest BCUT2D eigenvalue weighted by Gasteiger charge is -2.35. The average molecular weight is 295 g/mol. The lowest BCUT2D eigenvalue weighted by atomic mass is 9.96. The van der Waals surface area contributed by atoms with Crippen LogP contribution < -0.4 is 4.90 Å². The number of likely N-dealkylation sites (tertiary alicyclic amines) is 1. The van der Waals surface area contributed by atoms with Gasteiger partial charge in [0.2, 0.25) is 0 Å². The molecule has 3 rings (SSSR count). The third-order valence-corrected chi connectivity index (χ3v) is 4.66. The predicted octanol–water partition coefficient (Wildman–Crippen LogP) is 4.40. The van der Waals surface area contributed by atoms with Gasteiger partial charge in [0.05, 0.1) is 0 Å². The molecule has 0 radical (unpaired) electrons. The molecule has 0 bridgehead atoms. The molecule has 2 aromatic rings. The summed E-state index contributed by atoms with van der Waals surface area (Å²) in [6.45, 7) is 4.59. The standard InChI is InChI=1S/C19H25N3/c1-3-22-14-8-7-11-18(22)16-12-13-19(20-15-16)21(2)17-9-5-4-6-10-17/h4-6,9-10,12-13,15,18H,3,7-8,11,14H2,1-2H3/t18-/m0/s1. The molecular weight excluding hydrogens is 270 g/mol.